The Labute approximate surface area is 454 Å². The van der Waals surface area contributed by atoms with Gasteiger partial charge in [-0.25, -0.2) is 15.0 Å². The third-order valence-electron chi connectivity index (χ3n) is 12.3. The molecule has 1 aliphatic rings. The summed E-state index contributed by atoms with van der Waals surface area (Å²) in [5.41, 5.74) is 1.39. The number of hydrogen-bond acceptors (Lipinski definition) is 15. The zero-order valence-corrected chi connectivity index (χ0v) is 44.3. The number of hydrogen-bond donors (Lipinski definition) is 6. The fourth-order valence-electron chi connectivity index (χ4n) is 8.80. The molecule has 402 valence electrons. The lowest BCUT2D eigenvalue weighted by atomic mass is 9.58. The molecule has 21 nitrogen and oxygen atoms in total. The maximum Gasteiger partial charge on any atom is 0.453 e. The lowest BCUT2D eigenvalue weighted by molar-refractivity contribution is -0.124. The minimum atomic E-state index is -1.33. The molecule has 1 aliphatic heterocycles. The highest BCUT2D eigenvalue weighted by Crippen LogP contribution is 2.26. The van der Waals surface area contributed by atoms with Crippen LogP contribution in [0.1, 0.15) is 127 Å². The summed E-state index contributed by atoms with van der Waals surface area (Å²) < 4.78 is 20.5. The second kappa shape index (κ2) is 28.3. The second-order valence-corrected chi connectivity index (χ2v) is 20.0. The van der Waals surface area contributed by atoms with Crippen LogP contribution in [0.3, 0.4) is 0 Å². The largest absolute Gasteiger partial charge is 0.453 e. The molecule has 78 heavy (non-hydrogen) atoms. The summed E-state index contributed by atoms with van der Waals surface area (Å²) >= 11 is 0. The van der Waals surface area contributed by atoms with E-state index in [-0.39, 0.29) is 54.1 Å². The molecule has 6 atom stereocenters. The van der Waals surface area contributed by atoms with Gasteiger partial charge in [0.15, 0.2) is 0 Å². The zero-order chi connectivity index (χ0) is 55.6. The van der Waals surface area contributed by atoms with Gasteiger partial charge in [0.05, 0.1) is 36.4 Å². The molecule has 0 radical (unpaired) electrons. The lowest BCUT2D eigenvalue weighted by Crippen LogP contribution is -2.68. The highest BCUT2D eigenvalue weighted by molar-refractivity contribution is 6.75. The van der Waals surface area contributed by atoms with E-state index in [4.69, 9.17) is 13.7 Å². The molecule has 0 spiro atoms. The summed E-state index contributed by atoms with van der Waals surface area (Å²) in [6.07, 6.45) is 13.1. The number of amides is 6. The molecule has 6 amide bonds. The summed E-state index contributed by atoms with van der Waals surface area (Å²) in [5, 5.41) is 17.8. The fraction of sp³-hybridized carbons (Fsp3) is 0.333. The maximum atomic E-state index is 14.9. The Kier molecular flexibility index (Phi) is 20.8. The zero-order valence-electron chi connectivity index (χ0n) is 44.3. The van der Waals surface area contributed by atoms with Crippen molar-refractivity contribution in [3.05, 3.63) is 181 Å². The molecule has 6 N–H and O–H groups in total. The molecule has 4 heterocycles. The van der Waals surface area contributed by atoms with Crippen LogP contribution >= 0.6 is 0 Å². The first-order valence-corrected chi connectivity index (χ1v) is 25.9. The number of nitrogens with zero attached hydrogens (tertiary/aromatic N) is 6. The molecule has 3 aromatic heterocycles. The number of benzene rings is 3. The minimum absolute atomic E-state index is 0.00570. The van der Waals surface area contributed by atoms with Gasteiger partial charge in [-0.2, -0.15) is 0 Å². The Morgan fingerprint density at radius 3 is 0.859 bits per heavy atom. The van der Waals surface area contributed by atoms with E-state index in [9.17, 15) is 28.8 Å². The van der Waals surface area contributed by atoms with Crippen LogP contribution in [0.25, 0.3) is 0 Å². The Morgan fingerprint density at radius 1 is 0.385 bits per heavy atom. The molecule has 1 fully saturated rings. The lowest BCUT2D eigenvalue weighted by Gasteiger charge is -2.41. The second-order valence-electron chi connectivity index (χ2n) is 20.0. The van der Waals surface area contributed by atoms with Crippen molar-refractivity contribution in [2.24, 2.45) is 17.8 Å². The van der Waals surface area contributed by atoms with Crippen LogP contribution in [0.2, 0.25) is 0 Å². The first kappa shape index (κ1) is 57.5. The van der Waals surface area contributed by atoms with Gasteiger partial charge in [0.1, 0.15) is 35.2 Å². The SMILES string of the molecule is CC(C)C[C@H](NC(=O)[C@@H](NC(=O)c1cnccn1)c1ccccc1)B1OB([C@H](CC(C)C)NC(=O)[C@@H](NC(=O)c2cnccn2)c2ccccc2)OB([C@@H](CC(C)C)NC(=O)[C@@H](NC(=O)c2cnccn2)c2ccccc2)O1. The number of rotatable bonds is 24. The van der Waals surface area contributed by atoms with Crippen molar-refractivity contribution in [2.45, 2.75) is 96.8 Å². The summed E-state index contributed by atoms with van der Waals surface area (Å²) in [7, 11) is -3.98. The van der Waals surface area contributed by atoms with Crippen LogP contribution < -0.4 is 31.9 Å². The fourth-order valence-corrected chi connectivity index (χ4v) is 8.80. The van der Waals surface area contributed by atoms with Crippen molar-refractivity contribution in [1.29, 1.82) is 0 Å². The van der Waals surface area contributed by atoms with Crippen LogP contribution in [0, 0.1) is 17.8 Å². The topological polar surface area (TPSA) is 280 Å². The molecule has 1 saturated heterocycles. The average Bonchev–Trinajstić information content (AvgIpc) is 3.47. The van der Waals surface area contributed by atoms with Crippen molar-refractivity contribution in [1.82, 2.24) is 61.8 Å². The van der Waals surface area contributed by atoms with Crippen molar-refractivity contribution in [3.63, 3.8) is 0 Å². The van der Waals surface area contributed by atoms with Crippen molar-refractivity contribution < 1.29 is 42.5 Å². The molecule has 0 bridgehead atoms. The summed E-state index contributed by atoms with van der Waals surface area (Å²) in [5.74, 6) is -6.88. The minimum Gasteiger partial charge on any atom is -0.450 e. The van der Waals surface area contributed by atoms with Gasteiger partial charge in [-0.1, -0.05) is 133 Å². The number of aromatic nitrogens is 6. The van der Waals surface area contributed by atoms with Gasteiger partial charge in [-0.3, -0.25) is 43.7 Å². The van der Waals surface area contributed by atoms with E-state index in [1.807, 2.05) is 41.5 Å². The molecule has 6 aromatic rings. The van der Waals surface area contributed by atoms with Gasteiger partial charge in [0.25, 0.3) is 17.7 Å². The summed E-state index contributed by atoms with van der Waals surface area (Å²) in [6, 6.07) is 22.4. The molecule has 0 aliphatic carbocycles. The number of nitrogens with one attached hydrogen (secondary N) is 6. The Morgan fingerprint density at radius 2 is 0.641 bits per heavy atom. The van der Waals surface area contributed by atoms with E-state index < -0.39 is 92.7 Å². The van der Waals surface area contributed by atoms with Gasteiger partial charge >= 0.3 is 21.4 Å². The highest BCUT2D eigenvalue weighted by Gasteiger charge is 2.52. The number of carbonyl (C=O) groups is 6. The maximum absolute atomic E-state index is 14.9. The van der Waals surface area contributed by atoms with Gasteiger partial charge in [-0.05, 0) is 53.7 Å². The smallest absolute Gasteiger partial charge is 0.450 e. The van der Waals surface area contributed by atoms with E-state index in [1.54, 1.807) is 91.0 Å². The van der Waals surface area contributed by atoms with Crippen LogP contribution in [-0.4, -0.2) is 105 Å². The molecule has 7 rings (SSSR count). The Bertz CT molecular complexity index is 2580. The standard InChI is InChI=1S/C54H63B3N12O9/c1-34(2)28-43(64-52(73)46(37-16-10-7-11-17-37)67-49(70)40-31-58-22-25-61-40)55-76-56(44(29-35(3)4)65-53(74)47(38-18-12-8-13-19-38)68-50(71)41-32-59-23-26-62-41)78-57(77-55)45(30-36(5)6)66-54(75)48(39-20-14-9-15-21-39)69-51(72)42-33-60-24-27-63-42/h7-27,31-36,43-48H,28-30H2,1-6H3,(H,64,73)(H,65,74)(H,66,75)(H,67,70)(H,68,71)(H,69,72)/t43-,44-,45+,46-,47-,48-/m0/s1. The van der Waals surface area contributed by atoms with E-state index in [1.165, 1.54) is 55.8 Å². The van der Waals surface area contributed by atoms with Gasteiger partial charge in [0, 0.05) is 37.2 Å². The Hall–Kier alpha value is -8.21. The first-order chi connectivity index (χ1) is 37.6. The van der Waals surface area contributed by atoms with Crippen molar-refractivity contribution >= 4 is 56.8 Å². The number of carbonyl (C=O) groups excluding carboxylic acids is 6. The van der Waals surface area contributed by atoms with E-state index in [2.05, 4.69) is 61.8 Å². The summed E-state index contributed by atoms with van der Waals surface area (Å²) in [6.45, 7) is 11.7. The Balaban J connectivity index is 1.27. The predicted octanol–water partition coefficient (Wildman–Crippen LogP) is 4.61. The van der Waals surface area contributed by atoms with Gasteiger partial charge in [0.2, 0.25) is 17.7 Å². The highest BCUT2D eigenvalue weighted by atomic mass is 16.7. The normalized spacial score (nSPS) is 14.8. The molecular weight excluding hydrogens is 993 g/mol. The molecular formula is C54H63B3N12O9. The van der Waals surface area contributed by atoms with E-state index >= 15 is 0 Å². The van der Waals surface area contributed by atoms with Gasteiger partial charge in [-0.15, -0.1) is 0 Å². The molecule has 24 heteroatoms. The van der Waals surface area contributed by atoms with Crippen LogP contribution in [0.5, 0.6) is 0 Å². The third kappa shape index (κ3) is 16.4. The first-order valence-electron chi connectivity index (χ1n) is 25.9. The van der Waals surface area contributed by atoms with Crippen molar-refractivity contribution in [2.75, 3.05) is 0 Å². The quantitative estimate of drug-likeness (QED) is 0.0452. The van der Waals surface area contributed by atoms with E-state index in [0.29, 0.717) is 16.7 Å². The van der Waals surface area contributed by atoms with Crippen molar-refractivity contribution in [3.8, 4) is 0 Å². The molecule has 3 aromatic carbocycles. The summed E-state index contributed by atoms with van der Waals surface area (Å²) in [4.78, 5) is 110. The van der Waals surface area contributed by atoms with Crippen LogP contribution in [-0.2, 0) is 28.1 Å². The van der Waals surface area contributed by atoms with Crippen LogP contribution in [0.4, 0.5) is 0 Å². The van der Waals surface area contributed by atoms with Gasteiger partial charge < -0.3 is 45.6 Å². The monoisotopic (exact) mass is 1060 g/mol. The third-order valence-corrected chi connectivity index (χ3v) is 12.3. The average molecular weight is 1060 g/mol. The van der Waals surface area contributed by atoms with Crippen LogP contribution in [0.15, 0.2) is 147 Å². The molecule has 0 saturated carbocycles. The molecule has 0 unspecified atom stereocenters. The predicted molar refractivity (Wildman–Crippen MR) is 291 cm³/mol. The van der Waals surface area contributed by atoms with E-state index in [0.717, 1.165) is 0 Å².